The SMILES string of the molecule is CN(C)CC1CC(n2cc(-c3cccc(CCS(C)(=O)=O)c3)c3c(N)ncnc32)C1. The molecule has 0 amide bonds. The summed E-state index contributed by atoms with van der Waals surface area (Å²) in [5, 5.41) is 0.869. The van der Waals surface area contributed by atoms with Gasteiger partial charge >= 0.3 is 0 Å². The van der Waals surface area contributed by atoms with Gasteiger partial charge in [-0.3, -0.25) is 0 Å². The zero-order valence-corrected chi connectivity index (χ0v) is 18.6. The first kappa shape index (κ1) is 20.8. The minimum absolute atomic E-state index is 0.138. The molecule has 160 valence electrons. The normalized spacial score (nSPS) is 19.3. The number of benzene rings is 1. The molecule has 2 aromatic heterocycles. The molecule has 1 saturated carbocycles. The number of nitrogens with zero attached hydrogens (tertiary/aromatic N) is 4. The highest BCUT2D eigenvalue weighted by Crippen LogP contribution is 2.43. The van der Waals surface area contributed by atoms with Gasteiger partial charge in [0.1, 0.15) is 27.6 Å². The van der Waals surface area contributed by atoms with Gasteiger partial charge < -0.3 is 15.2 Å². The second-order valence-corrected chi connectivity index (χ2v) is 11.0. The lowest BCUT2D eigenvalue weighted by Crippen LogP contribution is -2.33. The molecule has 1 aliphatic carbocycles. The van der Waals surface area contributed by atoms with E-state index in [1.54, 1.807) is 0 Å². The number of sulfone groups is 1. The Hall–Kier alpha value is -2.45. The molecule has 0 spiro atoms. The summed E-state index contributed by atoms with van der Waals surface area (Å²) in [4.78, 5) is 11.0. The van der Waals surface area contributed by atoms with Crippen LogP contribution in [0.5, 0.6) is 0 Å². The first-order valence-corrected chi connectivity index (χ1v) is 12.3. The van der Waals surface area contributed by atoms with Crippen molar-refractivity contribution >= 4 is 26.7 Å². The molecule has 0 unspecified atom stereocenters. The van der Waals surface area contributed by atoms with Crippen LogP contribution in [0.25, 0.3) is 22.2 Å². The van der Waals surface area contributed by atoms with E-state index in [1.165, 1.54) is 12.6 Å². The minimum atomic E-state index is -3.01. The van der Waals surface area contributed by atoms with Gasteiger partial charge in [0, 0.05) is 30.6 Å². The summed E-state index contributed by atoms with van der Waals surface area (Å²) in [5.41, 5.74) is 10.1. The van der Waals surface area contributed by atoms with Gasteiger partial charge in [0.25, 0.3) is 0 Å². The molecule has 1 aliphatic rings. The third kappa shape index (κ3) is 4.34. The first-order chi connectivity index (χ1) is 14.2. The van der Waals surface area contributed by atoms with Crippen molar-refractivity contribution in [3.8, 4) is 11.1 Å². The molecule has 3 aromatic rings. The van der Waals surface area contributed by atoms with Gasteiger partial charge in [0.2, 0.25) is 0 Å². The van der Waals surface area contributed by atoms with Gasteiger partial charge in [-0.1, -0.05) is 24.3 Å². The van der Waals surface area contributed by atoms with E-state index in [1.807, 2.05) is 24.3 Å². The summed E-state index contributed by atoms with van der Waals surface area (Å²) < 4.78 is 25.3. The Bertz CT molecular complexity index is 1160. The van der Waals surface area contributed by atoms with E-state index in [2.05, 4.69) is 39.7 Å². The van der Waals surface area contributed by atoms with E-state index in [0.29, 0.717) is 24.2 Å². The Kier molecular flexibility index (Phi) is 5.55. The van der Waals surface area contributed by atoms with Crippen LogP contribution in [0.4, 0.5) is 5.82 Å². The Morgan fingerprint density at radius 2 is 2.00 bits per heavy atom. The molecule has 0 bridgehead atoms. The molecule has 0 saturated heterocycles. The monoisotopic (exact) mass is 427 g/mol. The number of fused-ring (bicyclic) bond motifs is 1. The second-order valence-electron chi connectivity index (χ2n) is 8.74. The number of aryl methyl sites for hydroxylation is 1. The van der Waals surface area contributed by atoms with E-state index < -0.39 is 9.84 Å². The van der Waals surface area contributed by atoms with Crippen LogP contribution in [0.1, 0.15) is 24.4 Å². The van der Waals surface area contributed by atoms with Crippen LogP contribution in [-0.2, 0) is 16.3 Å². The van der Waals surface area contributed by atoms with Gasteiger partial charge in [-0.05, 0) is 50.4 Å². The van der Waals surface area contributed by atoms with Crippen molar-refractivity contribution < 1.29 is 8.42 Å². The Morgan fingerprint density at radius 1 is 1.23 bits per heavy atom. The molecule has 2 N–H and O–H groups in total. The highest BCUT2D eigenvalue weighted by atomic mass is 32.2. The van der Waals surface area contributed by atoms with Gasteiger partial charge in [0.15, 0.2) is 0 Å². The average Bonchev–Trinajstić information content (AvgIpc) is 3.03. The summed E-state index contributed by atoms with van der Waals surface area (Å²) >= 11 is 0. The Morgan fingerprint density at radius 3 is 2.70 bits per heavy atom. The summed E-state index contributed by atoms with van der Waals surface area (Å²) in [6.45, 7) is 1.10. The molecule has 1 fully saturated rings. The molecular formula is C22H29N5O2S. The van der Waals surface area contributed by atoms with Crippen LogP contribution < -0.4 is 5.73 Å². The second kappa shape index (κ2) is 8.00. The fraction of sp³-hybridized carbons (Fsp3) is 0.455. The lowest BCUT2D eigenvalue weighted by atomic mass is 9.80. The predicted octanol–water partition coefficient (Wildman–Crippen LogP) is 2.78. The van der Waals surface area contributed by atoms with Crippen LogP contribution in [0, 0.1) is 5.92 Å². The standard InChI is InChI=1S/C22H29N5O2S/c1-26(2)12-16-10-18(11-16)27-13-19(20-21(23)24-14-25-22(20)27)17-6-4-5-15(9-17)7-8-30(3,28)29/h4-6,9,13-14,16,18H,7-8,10-12H2,1-3H3,(H2,23,24,25). The van der Waals surface area contributed by atoms with Crippen LogP contribution in [0.2, 0.25) is 0 Å². The zero-order chi connectivity index (χ0) is 21.5. The van der Waals surface area contributed by atoms with Crippen LogP contribution in [0.15, 0.2) is 36.8 Å². The van der Waals surface area contributed by atoms with Crippen LogP contribution in [-0.4, -0.2) is 60.5 Å². The molecule has 7 nitrogen and oxygen atoms in total. The zero-order valence-electron chi connectivity index (χ0n) is 17.7. The number of nitrogens with two attached hydrogens (primary N) is 1. The topological polar surface area (TPSA) is 94.1 Å². The maximum atomic E-state index is 11.6. The molecule has 30 heavy (non-hydrogen) atoms. The number of aromatic nitrogens is 3. The van der Waals surface area contributed by atoms with Crippen molar-refractivity contribution in [1.82, 2.24) is 19.4 Å². The third-order valence-electron chi connectivity index (χ3n) is 5.87. The molecule has 0 aliphatic heterocycles. The Balaban J connectivity index is 1.69. The molecule has 0 atom stereocenters. The molecule has 4 rings (SSSR count). The van der Waals surface area contributed by atoms with Crippen molar-refractivity contribution in [3.63, 3.8) is 0 Å². The number of hydrogen-bond donors (Lipinski definition) is 1. The van der Waals surface area contributed by atoms with E-state index in [4.69, 9.17) is 5.73 Å². The largest absolute Gasteiger partial charge is 0.383 e. The van der Waals surface area contributed by atoms with Crippen LogP contribution >= 0.6 is 0 Å². The van der Waals surface area contributed by atoms with Crippen molar-refractivity contribution in [3.05, 3.63) is 42.4 Å². The van der Waals surface area contributed by atoms with Gasteiger partial charge in [-0.25, -0.2) is 18.4 Å². The third-order valence-corrected chi connectivity index (χ3v) is 6.81. The van der Waals surface area contributed by atoms with Crippen molar-refractivity contribution in [2.45, 2.75) is 25.3 Å². The summed E-state index contributed by atoms with van der Waals surface area (Å²) in [7, 11) is 1.22. The predicted molar refractivity (Wildman–Crippen MR) is 121 cm³/mol. The maximum absolute atomic E-state index is 11.6. The quantitative estimate of drug-likeness (QED) is 0.623. The fourth-order valence-corrected chi connectivity index (χ4v) is 5.00. The van der Waals surface area contributed by atoms with Crippen LogP contribution in [0.3, 0.4) is 0 Å². The Labute approximate surface area is 177 Å². The van der Waals surface area contributed by atoms with Crippen molar-refractivity contribution in [2.75, 3.05) is 38.4 Å². The number of nitrogen functional groups attached to an aromatic ring is 1. The lowest BCUT2D eigenvalue weighted by molar-refractivity contribution is 0.159. The van der Waals surface area contributed by atoms with E-state index in [0.717, 1.165) is 47.1 Å². The van der Waals surface area contributed by atoms with E-state index in [9.17, 15) is 8.42 Å². The number of anilines is 1. The summed E-state index contributed by atoms with van der Waals surface area (Å²) in [6.07, 6.45) is 7.68. The van der Waals surface area contributed by atoms with Crippen molar-refractivity contribution in [2.24, 2.45) is 5.92 Å². The summed E-state index contributed by atoms with van der Waals surface area (Å²) in [5.74, 6) is 1.31. The van der Waals surface area contributed by atoms with Gasteiger partial charge in [-0.2, -0.15) is 0 Å². The number of hydrogen-bond acceptors (Lipinski definition) is 6. The number of rotatable bonds is 7. The van der Waals surface area contributed by atoms with E-state index >= 15 is 0 Å². The fourth-order valence-electron chi connectivity index (χ4n) is 4.40. The molecule has 2 heterocycles. The molecular weight excluding hydrogens is 398 g/mol. The molecule has 8 heteroatoms. The lowest BCUT2D eigenvalue weighted by Gasteiger charge is -2.38. The first-order valence-electron chi connectivity index (χ1n) is 10.2. The maximum Gasteiger partial charge on any atom is 0.147 e. The minimum Gasteiger partial charge on any atom is -0.383 e. The summed E-state index contributed by atoms with van der Waals surface area (Å²) in [6, 6.07) is 8.42. The van der Waals surface area contributed by atoms with E-state index in [-0.39, 0.29) is 5.75 Å². The van der Waals surface area contributed by atoms with Crippen molar-refractivity contribution in [1.29, 1.82) is 0 Å². The van der Waals surface area contributed by atoms with Gasteiger partial charge in [-0.15, -0.1) is 0 Å². The smallest absolute Gasteiger partial charge is 0.147 e. The molecule has 1 aromatic carbocycles. The highest BCUT2D eigenvalue weighted by Gasteiger charge is 2.32. The van der Waals surface area contributed by atoms with Gasteiger partial charge in [0.05, 0.1) is 11.1 Å². The highest BCUT2D eigenvalue weighted by molar-refractivity contribution is 7.90. The molecule has 0 radical (unpaired) electrons. The average molecular weight is 428 g/mol.